The molecule has 4 nitrogen and oxygen atoms in total. The number of carbonyl (C=O) groups is 1. The Labute approximate surface area is 117 Å². The van der Waals surface area contributed by atoms with Gasteiger partial charge >= 0.3 is 0 Å². The van der Waals surface area contributed by atoms with Crippen LogP contribution in [0.25, 0.3) is 0 Å². The minimum absolute atomic E-state index is 0.150. The standard InChI is InChI=1S/C14H16ClN3O/c1-3-12-11(9-18(2)17-12)14(19)16-13-7-5-4-6-10(13)8-15/h4-7,9H,3,8H2,1-2H3,(H,16,19). The summed E-state index contributed by atoms with van der Waals surface area (Å²) in [7, 11) is 1.81. The molecule has 2 aromatic rings. The van der Waals surface area contributed by atoms with Crippen LogP contribution >= 0.6 is 11.6 Å². The number of halogens is 1. The van der Waals surface area contributed by atoms with Crippen molar-refractivity contribution in [1.29, 1.82) is 0 Å². The van der Waals surface area contributed by atoms with Gasteiger partial charge in [0, 0.05) is 24.8 Å². The molecule has 1 aromatic carbocycles. The summed E-state index contributed by atoms with van der Waals surface area (Å²) in [5.41, 5.74) is 3.05. The molecule has 1 heterocycles. The van der Waals surface area contributed by atoms with E-state index in [2.05, 4.69) is 10.4 Å². The molecular weight excluding hydrogens is 262 g/mol. The Morgan fingerprint density at radius 3 is 2.84 bits per heavy atom. The quantitative estimate of drug-likeness (QED) is 0.874. The maximum absolute atomic E-state index is 12.3. The van der Waals surface area contributed by atoms with Gasteiger partial charge in [-0.1, -0.05) is 25.1 Å². The first-order valence-corrected chi connectivity index (χ1v) is 6.67. The molecule has 0 spiro atoms. The van der Waals surface area contributed by atoms with E-state index in [1.54, 1.807) is 10.9 Å². The number of anilines is 1. The molecule has 0 aliphatic carbocycles. The van der Waals surface area contributed by atoms with Crippen molar-refractivity contribution >= 4 is 23.2 Å². The molecule has 100 valence electrons. The summed E-state index contributed by atoms with van der Waals surface area (Å²) in [6, 6.07) is 7.51. The number of hydrogen-bond acceptors (Lipinski definition) is 2. The van der Waals surface area contributed by atoms with Crippen LogP contribution in [0, 0.1) is 0 Å². The highest BCUT2D eigenvalue weighted by Crippen LogP contribution is 2.18. The van der Waals surface area contributed by atoms with Gasteiger partial charge in [-0.15, -0.1) is 11.6 Å². The van der Waals surface area contributed by atoms with Gasteiger partial charge in [0.05, 0.1) is 11.3 Å². The normalized spacial score (nSPS) is 10.5. The predicted molar refractivity (Wildman–Crippen MR) is 76.5 cm³/mol. The molecule has 0 saturated heterocycles. The van der Waals surface area contributed by atoms with Gasteiger partial charge in [0.25, 0.3) is 5.91 Å². The van der Waals surface area contributed by atoms with Gasteiger partial charge in [0.15, 0.2) is 0 Å². The molecule has 0 aliphatic heterocycles. The highest BCUT2D eigenvalue weighted by molar-refractivity contribution is 6.17. The zero-order valence-electron chi connectivity index (χ0n) is 11.0. The lowest BCUT2D eigenvalue weighted by Crippen LogP contribution is -2.14. The number of nitrogens with one attached hydrogen (secondary N) is 1. The average Bonchev–Trinajstić information content (AvgIpc) is 2.80. The summed E-state index contributed by atoms with van der Waals surface area (Å²) < 4.78 is 1.65. The summed E-state index contributed by atoms with van der Waals surface area (Å²) in [4.78, 5) is 12.3. The molecule has 0 fully saturated rings. The molecule has 1 amide bonds. The van der Waals surface area contributed by atoms with E-state index in [0.717, 1.165) is 23.4 Å². The van der Waals surface area contributed by atoms with Crippen LogP contribution in [-0.2, 0) is 19.3 Å². The number of para-hydroxylation sites is 1. The van der Waals surface area contributed by atoms with E-state index in [4.69, 9.17) is 11.6 Å². The maximum atomic E-state index is 12.3. The van der Waals surface area contributed by atoms with Gasteiger partial charge in [-0.3, -0.25) is 9.48 Å². The molecule has 2 rings (SSSR count). The average molecular weight is 278 g/mol. The summed E-state index contributed by atoms with van der Waals surface area (Å²) in [5.74, 6) is 0.215. The number of aryl methyl sites for hydroxylation is 2. The van der Waals surface area contributed by atoms with Crippen LogP contribution in [0.15, 0.2) is 30.5 Å². The minimum atomic E-state index is -0.150. The van der Waals surface area contributed by atoms with Crippen molar-refractivity contribution in [1.82, 2.24) is 9.78 Å². The fourth-order valence-electron chi connectivity index (χ4n) is 1.93. The Morgan fingerprint density at radius 2 is 2.16 bits per heavy atom. The highest BCUT2D eigenvalue weighted by Gasteiger charge is 2.15. The third-order valence-electron chi connectivity index (χ3n) is 2.89. The minimum Gasteiger partial charge on any atom is -0.322 e. The molecule has 0 unspecified atom stereocenters. The third-order valence-corrected chi connectivity index (χ3v) is 3.18. The second kappa shape index (κ2) is 5.89. The van der Waals surface area contributed by atoms with Crippen LogP contribution in [0.5, 0.6) is 0 Å². The van der Waals surface area contributed by atoms with E-state index < -0.39 is 0 Å². The lowest BCUT2D eigenvalue weighted by molar-refractivity contribution is 0.102. The van der Waals surface area contributed by atoms with E-state index >= 15 is 0 Å². The summed E-state index contributed by atoms with van der Waals surface area (Å²) in [6.45, 7) is 1.98. The van der Waals surface area contributed by atoms with Gasteiger partial charge in [0.1, 0.15) is 0 Å². The van der Waals surface area contributed by atoms with Crippen LogP contribution in [0.2, 0.25) is 0 Å². The lowest BCUT2D eigenvalue weighted by Gasteiger charge is -2.08. The molecule has 0 atom stereocenters. The number of amides is 1. The van der Waals surface area contributed by atoms with Gasteiger partial charge < -0.3 is 5.32 Å². The van der Waals surface area contributed by atoms with Crippen molar-refractivity contribution in [3.8, 4) is 0 Å². The van der Waals surface area contributed by atoms with E-state index in [-0.39, 0.29) is 5.91 Å². The molecule has 0 radical (unpaired) electrons. The van der Waals surface area contributed by atoms with Crippen molar-refractivity contribution in [3.63, 3.8) is 0 Å². The molecule has 0 bridgehead atoms. The van der Waals surface area contributed by atoms with Crippen molar-refractivity contribution in [2.24, 2.45) is 7.05 Å². The first-order chi connectivity index (χ1) is 9.15. The number of carbonyl (C=O) groups excluding carboxylic acids is 1. The summed E-state index contributed by atoms with van der Waals surface area (Å²) in [6.07, 6.45) is 2.46. The Balaban J connectivity index is 2.25. The predicted octanol–water partition coefficient (Wildman–Crippen LogP) is 2.97. The van der Waals surface area contributed by atoms with Crippen LogP contribution in [0.1, 0.15) is 28.5 Å². The SMILES string of the molecule is CCc1nn(C)cc1C(=O)Nc1ccccc1CCl. The third kappa shape index (κ3) is 2.96. The molecule has 0 saturated carbocycles. The molecule has 0 aliphatic rings. The number of benzene rings is 1. The Kier molecular flexibility index (Phi) is 4.22. The summed E-state index contributed by atoms with van der Waals surface area (Å²) >= 11 is 5.86. The highest BCUT2D eigenvalue weighted by atomic mass is 35.5. The Morgan fingerprint density at radius 1 is 1.42 bits per heavy atom. The number of rotatable bonds is 4. The molecule has 1 aromatic heterocycles. The van der Waals surface area contributed by atoms with Crippen LogP contribution in [-0.4, -0.2) is 15.7 Å². The van der Waals surface area contributed by atoms with E-state index in [1.807, 2.05) is 38.2 Å². The number of nitrogens with zero attached hydrogens (tertiary/aromatic N) is 2. The number of alkyl halides is 1. The van der Waals surface area contributed by atoms with E-state index in [9.17, 15) is 4.79 Å². The van der Waals surface area contributed by atoms with Gasteiger partial charge in [-0.2, -0.15) is 5.10 Å². The monoisotopic (exact) mass is 277 g/mol. The van der Waals surface area contributed by atoms with Crippen molar-refractivity contribution < 1.29 is 4.79 Å². The fourth-order valence-corrected chi connectivity index (χ4v) is 2.17. The van der Waals surface area contributed by atoms with E-state index in [1.165, 1.54) is 0 Å². The second-order valence-corrected chi connectivity index (χ2v) is 4.53. The number of aromatic nitrogens is 2. The van der Waals surface area contributed by atoms with Gasteiger partial charge in [-0.25, -0.2) is 0 Å². The first kappa shape index (κ1) is 13.6. The lowest BCUT2D eigenvalue weighted by atomic mass is 10.1. The summed E-state index contributed by atoms with van der Waals surface area (Å²) in [5, 5.41) is 7.15. The number of hydrogen-bond donors (Lipinski definition) is 1. The smallest absolute Gasteiger partial charge is 0.259 e. The Bertz CT molecular complexity index is 592. The molecular formula is C14H16ClN3O. The fraction of sp³-hybridized carbons (Fsp3) is 0.286. The van der Waals surface area contributed by atoms with Crippen molar-refractivity contribution in [2.75, 3.05) is 5.32 Å². The zero-order valence-corrected chi connectivity index (χ0v) is 11.7. The van der Waals surface area contributed by atoms with Crippen LogP contribution in [0.4, 0.5) is 5.69 Å². The van der Waals surface area contributed by atoms with Crippen molar-refractivity contribution in [2.45, 2.75) is 19.2 Å². The van der Waals surface area contributed by atoms with Gasteiger partial charge in [0.2, 0.25) is 0 Å². The van der Waals surface area contributed by atoms with Gasteiger partial charge in [-0.05, 0) is 18.1 Å². The van der Waals surface area contributed by atoms with Crippen molar-refractivity contribution in [3.05, 3.63) is 47.3 Å². The molecule has 19 heavy (non-hydrogen) atoms. The maximum Gasteiger partial charge on any atom is 0.259 e. The largest absolute Gasteiger partial charge is 0.322 e. The first-order valence-electron chi connectivity index (χ1n) is 6.13. The zero-order chi connectivity index (χ0) is 13.8. The Hall–Kier alpha value is -1.81. The molecule has 1 N–H and O–H groups in total. The second-order valence-electron chi connectivity index (χ2n) is 4.26. The van der Waals surface area contributed by atoms with Crippen LogP contribution < -0.4 is 5.32 Å². The van der Waals surface area contributed by atoms with E-state index in [0.29, 0.717) is 11.4 Å². The topological polar surface area (TPSA) is 46.9 Å². The van der Waals surface area contributed by atoms with Crippen LogP contribution in [0.3, 0.4) is 0 Å². The molecule has 5 heteroatoms.